The van der Waals surface area contributed by atoms with E-state index in [0.29, 0.717) is 0 Å². The first kappa shape index (κ1) is 18.1. The van der Waals surface area contributed by atoms with Crippen molar-refractivity contribution in [3.8, 4) is 0 Å². The van der Waals surface area contributed by atoms with Crippen molar-refractivity contribution < 1.29 is 9.50 Å². The van der Waals surface area contributed by atoms with Gasteiger partial charge in [-0.15, -0.1) is 0 Å². The third kappa shape index (κ3) is 3.60. The Labute approximate surface area is 158 Å². The number of nitrogens with one attached hydrogen (secondary N) is 2. The van der Waals surface area contributed by atoms with Crippen LogP contribution >= 0.6 is 0 Å². The topological polar surface area (TPSA) is 60.4 Å². The fraction of sp³-hybridized carbons (Fsp3) is 0.381. The number of rotatable bonds is 4. The molecule has 1 aromatic carbocycles. The number of hydrogen-bond acceptors (Lipinski definition) is 5. The Hall–Kier alpha value is -2.28. The maximum Gasteiger partial charge on any atom is 0.123 e. The fourth-order valence-electron chi connectivity index (χ4n) is 4.03. The number of aliphatic hydroxyl groups is 1. The van der Waals surface area contributed by atoms with Crippen molar-refractivity contribution >= 4 is 5.57 Å². The molecule has 4 rings (SSSR count). The summed E-state index contributed by atoms with van der Waals surface area (Å²) in [5, 5.41) is 9.77. The molecule has 0 radical (unpaired) electrons. The molecule has 0 aliphatic carbocycles. The smallest absolute Gasteiger partial charge is 0.123 e. The maximum absolute atomic E-state index is 13.5. The first-order valence-corrected chi connectivity index (χ1v) is 9.40. The summed E-state index contributed by atoms with van der Waals surface area (Å²) >= 11 is 0. The Balaban J connectivity index is 1.72. The number of likely N-dealkylation sites (tertiary alicyclic amines) is 1. The second-order valence-corrected chi connectivity index (χ2v) is 7.48. The van der Waals surface area contributed by atoms with Gasteiger partial charge in [-0.3, -0.25) is 9.88 Å². The standard InChI is InChI=1S/C21H25FN4O/c1-21(16-2-4-17(22)5-3-16)20(15-6-10-23-11-7-15)19(24-25-21)14-26-12-8-18(27)9-13-26/h2-7,10-11,18,24-25,27H,8-9,12-14H2,1H3. The van der Waals surface area contributed by atoms with E-state index in [-0.39, 0.29) is 11.9 Å². The molecule has 5 nitrogen and oxygen atoms in total. The third-order valence-corrected chi connectivity index (χ3v) is 5.59. The van der Waals surface area contributed by atoms with Crippen LogP contribution in [0.15, 0.2) is 54.5 Å². The highest BCUT2D eigenvalue weighted by atomic mass is 19.1. The van der Waals surface area contributed by atoms with Crippen LogP contribution in [0.1, 0.15) is 30.9 Å². The highest BCUT2D eigenvalue weighted by Crippen LogP contribution is 2.40. The molecule has 1 atom stereocenters. The van der Waals surface area contributed by atoms with Gasteiger partial charge in [0, 0.05) is 43.3 Å². The highest BCUT2D eigenvalue weighted by molar-refractivity contribution is 5.78. The van der Waals surface area contributed by atoms with Crippen molar-refractivity contribution in [2.75, 3.05) is 19.6 Å². The van der Waals surface area contributed by atoms with E-state index in [0.717, 1.165) is 54.9 Å². The van der Waals surface area contributed by atoms with E-state index in [2.05, 4.69) is 27.7 Å². The van der Waals surface area contributed by atoms with Crippen LogP contribution < -0.4 is 10.9 Å². The van der Waals surface area contributed by atoms with E-state index in [9.17, 15) is 9.50 Å². The molecule has 2 aliphatic rings. The summed E-state index contributed by atoms with van der Waals surface area (Å²) in [4.78, 5) is 6.50. The average Bonchev–Trinajstić information content (AvgIpc) is 3.02. The van der Waals surface area contributed by atoms with Gasteiger partial charge in [-0.25, -0.2) is 9.82 Å². The molecule has 0 amide bonds. The molecule has 0 saturated carbocycles. The van der Waals surface area contributed by atoms with E-state index in [1.807, 2.05) is 24.3 Å². The number of hydrazine groups is 1. The molecule has 0 bridgehead atoms. The molecule has 142 valence electrons. The van der Waals surface area contributed by atoms with Gasteiger partial charge in [0.1, 0.15) is 5.82 Å². The van der Waals surface area contributed by atoms with Crippen LogP contribution in [-0.4, -0.2) is 40.7 Å². The fourth-order valence-corrected chi connectivity index (χ4v) is 4.03. The lowest BCUT2D eigenvalue weighted by Gasteiger charge is -2.30. The Bertz CT molecular complexity index is 816. The van der Waals surface area contributed by atoms with Crippen molar-refractivity contribution in [3.05, 3.63) is 71.4 Å². The van der Waals surface area contributed by atoms with Crippen molar-refractivity contribution in [2.24, 2.45) is 0 Å². The van der Waals surface area contributed by atoms with Crippen LogP contribution in [-0.2, 0) is 5.54 Å². The summed E-state index contributed by atoms with van der Waals surface area (Å²) in [6.45, 7) is 4.64. The van der Waals surface area contributed by atoms with Crippen molar-refractivity contribution in [3.63, 3.8) is 0 Å². The summed E-state index contributed by atoms with van der Waals surface area (Å²) in [5.41, 5.74) is 10.6. The molecular weight excluding hydrogens is 343 g/mol. The number of aromatic nitrogens is 1. The second-order valence-electron chi connectivity index (χ2n) is 7.48. The van der Waals surface area contributed by atoms with Crippen LogP contribution in [0.3, 0.4) is 0 Å². The second kappa shape index (κ2) is 7.38. The zero-order valence-electron chi connectivity index (χ0n) is 15.5. The molecule has 1 unspecified atom stereocenters. The molecule has 2 aliphatic heterocycles. The lowest BCUT2D eigenvalue weighted by molar-refractivity contribution is 0.0862. The number of piperidine rings is 1. The minimum Gasteiger partial charge on any atom is -0.393 e. The molecular formula is C21H25FN4O. The summed E-state index contributed by atoms with van der Waals surface area (Å²) in [6.07, 6.45) is 5.01. The van der Waals surface area contributed by atoms with Crippen LogP contribution in [0.4, 0.5) is 4.39 Å². The van der Waals surface area contributed by atoms with Gasteiger partial charge in [-0.1, -0.05) is 12.1 Å². The lowest BCUT2D eigenvalue weighted by Crippen LogP contribution is -2.42. The zero-order valence-corrected chi connectivity index (χ0v) is 15.5. The summed E-state index contributed by atoms with van der Waals surface area (Å²) < 4.78 is 13.5. The van der Waals surface area contributed by atoms with E-state index in [1.165, 1.54) is 12.1 Å². The average molecular weight is 368 g/mol. The monoisotopic (exact) mass is 368 g/mol. The van der Waals surface area contributed by atoms with Crippen molar-refractivity contribution in [1.29, 1.82) is 0 Å². The maximum atomic E-state index is 13.5. The number of pyridine rings is 1. The molecule has 6 heteroatoms. The Morgan fingerprint density at radius 3 is 2.48 bits per heavy atom. The van der Waals surface area contributed by atoms with Gasteiger partial charge in [0.05, 0.1) is 11.6 Å². The van der Waals surface area contributed by atoms with Crippen LogP contribution in [0.25, 0.3) is 5.57 Å². The molecule has 3 heterocycles. The Morgan fingerprint density at radius 2 is 1.81 bits per heavy atom. The lowest BCUT2D eigenvalue weighted by atomic mass is 9.81. The summed E-state index contributed by atoms with van der Waals surface area (Å²) in [6, 6.07) is 10.7. The number of benzene rings is 1. The van der Waals surface area contributed by atoms with Gasteiger partial charge < -0.3 is 10.5 Å². The number of hydrogen-bond donors (Lipinski definition) is 3. The predicted octanol–water partition coefficient (Wildman–Crippen LogP) is 2.41. The van der Waals surface area contributed by atoms with Gasteiger partial charge in [0.25, 0.3) is 0 Å². The SMILES string of the molecule is CC1(c2ccc(F)cc2)NNC(CN2CCC(O)CC2)=C1c1ccncc1. The molecule has 27 heavy (non-hydrogen) atoms. The molecule has 1 fully saturated rings. The zero-order chi connectivity index (χ0) is 18.9. The van der Waals surface area contributed by atoms with Crippen LogP contribution in [0.2, 0.25) is 0 Å². The van der Waals surface area contributed by atoms with E-state index in [1.54, 1.807) is 12.4 Å². The highest BCUT2D eigenvalue weighted by Gasteiger charge is 2.39. The molecule has 1 saturated heterocycles. The van der Waals surface area contributed by atoms with E-state index >= 15 is 0 Å². The van der Waals surface area contributed by atoms with E-state index < -0.39 is 5.54 Å². The molecule has 1 aromatic heterocycles. The normalized spacial score (nSPS) is 24.3. The summed E-state index contributed by atoms with van der Waals surface area (Å²) in [7, 11) is 0. The Morgan fingerprint density at radius 1 is 1.15 bits per heavy atom. The molecule has 3 N–H and O–H groups in total. The number of nitrogens with zero attached hydrogens (tertiary/aromatic N) is 2. The summed E-state index contributed by atoms with van der Waals surface area (Å²) in [5.74, 6) is -0.241. The molecule has 2 aromatic rings. The van der Waals surface area contributed by atoms with E-state index in [4.69, 9.17) is 0 Å². The largest absolute Gasteiger partial charge is 0.393 e. The van der Waals surface area contributed by atoms with Crippen LogP contribution in [0, 0.1) is 5.82 Å². The van der Waals surface area contributed by atoms with Gasteiger partial charge in [0.15, 0.2) is 0 Å². The first-order valence-electron chi connectivity index (χ1n) is 9.40. The number of aliphatic hydroxyl groups excluding tert-OH is 1. The Kier molecular flexibility index (Phi) is 4.95. The van der Waals surface area contributed by atoms with Gasteiger partial charge in [-0.05, 0) is 55.2 Å². The van der Waals surface area contributed by atoms with Gasteiger partial charge in [-0.2, -0.15) is 0 Å². The number of halogens is 1. The van der Waals surface area contributed by atoms with Crippen LogP contribution in [0.5, 0.6) is 0 Å². The minimum absolute atomic E-state index is 0.186. The third-order valence-electron chi connectivity index (χ3n) is 5.59. The quantitative estimate of drug-likeness (QED) is 0.774. The van der Waals surface area contributed by atoms with Gasteiger partial charge >= 0.3 is 0 Å². The molecule has 0 spiro atoms. The van der Waals surface area contributed by atoms with Gasteiger partial charge in [0.2, 0.25) is 0 Å². The van der Waals surface area contributed by atoms with Crippen molar-refractivity contribution in [2.45, 2.75) is 31.4 Å². The van der Waals surface area contributed by atoms with Crippen molar-refractivity contribution in [1.82, 2.24) is 20.7 Å². The minimum atomic E-state index is -0.486. The predicted molar refractivity (Wildman–Crippen MR) is 103 cm³/mol. The first-order chi connectivity index (χ1) is 13.1.